The zero-order valence-corrected chi connectivity index (χ0v) is 15.0. The summed E-state index contributed by atoms with van der Waals surface area (Å²) >= 11 is 6.17. The number of hydrogen-bond donors (Lipinski definition) is 1. The average molecular weight is 359 g/mol. The minimum Gasteiger partial charge on any atom is -0.325 e. The molecule has 1 aliphatic rings. The second-order valence-electron chi connectivity index (χ2n) is 6.48. The second kappa shape index (κ2) is 6.41. The number of nitriles is 1. The molecule has 2 unspecified atom stereocenters. The first-order valence-corrected chi connectivity index (χ1v) is 8.58. The van der Waals surface area contributed by atoms with Gasteiger partial charge in [0.1, 0.15) is 6.17 Å². The first-order chi connectivity index (χ1) is 11.9. The molecule has 1 aliphatic heterocycles. The van der Waals surface area contributed by atoms with Crippen LogP contribution in [0.1, 0.15) is 32.5 Å². The number of halogens is 1. The summed E-state index contributed by atoms with van der Waals surface area (Å²) in [6.07, 6.45) is 1.35. The highest BCUT2D eigenvalue weighted by Crippen LogP contribution is 2.36. The number of nitrogens with one attached hydrogen (secondary N) is 1. The number of fused-ring (bicyclic) bond motifs is 1. The van der Waals surface area contributed by atoms with Gasteiger partial charge in [-0.15, -0.1) is 0 Å². The van der Waals surface area contributed by atoms with E-state index in [-0.39, 0.29) is 11.8 Å². The number of aromatic nitrogens is 1. The molecule has 130 valence electrons. The van der Waals surface area contributed by atoms with Crippen LogP contribution < -0.4 is 5.32 Å². The lowest BCUT2D eigenvalue weighted by molar-refractivity contribution is -0.132. The molecule has 0 saturated carbocycles. The van der Waals surface area contributed by atoms with E-state index in [2.05, 4.69) is 11.4 Å². The van der Waals surface area contributed by atoms with Crippen LogP contribution in [0.4, 0.5) is 4.79 Å². The first-order valence-electron chi connectivity index (χ1n) is 8.20. The third-order valence-electron chi connectivity index (χ3n) is 4.70. The zero-order valence-electron chi connectivity index (χ0n) is 14.3. The van der Waals surface area contributed by atoms with Crippen LogP contribution in [0.15, 0.2) is 24.4 Å². The van der Waals surface area contributed by atoms with Crippen molar-refractivity contribution in [1.29, 1.82) is 5.26 Å². The van der Waals surface area contributed by atoms with Crippen molar-refractivity contribution >= 4 is 34.4 Å². The van der Waals surface area contributed by atoms with Crippen LogP contribution in [0.3, 0.4) is 0 Å². The van der Waals surface area contributed by atoms with Crippen LogP contribution in [0, 0.1) is 23.2 Å². The summed E-state index contributed by atoms with van der Waals surface area (Å²) in [5.74, 6) is -0.656. The standard InChI is InChI=1S/C18H19ClN4O2/c1-4-22-17(15(10(2)3)16(24)21-18(22)25)23-6-5-13-11(9-20)7-12(19)8-14(13)23/h5-8,10,15,17H,4H2,1-3H3,(H,21,24,25). The minimum absolute atomic E-state index is 0.0271. The summed E-state index contributed by atoms with van der Waals surface area (Å²) in [6.45, 7) is 6.25. The van der Waals surface area contributed by atoms with Gasteiger partial charge in [-0.05, 0) is 31.0 Å². The molecule has 0 spiro atoms. The Balaban J connectivity index is 2.25. The van der Waals surface area contributed by atoms with Gasteiger partial charge in [0.15, 0.2) is 0 Å². The van der Waals surface area contributed by atoms with E-state index in [1.807, 2.05) is 37.6 Å². The topological polar surface area (TPSA) is 78.1 Å². The number of carbonyl (C=O) groups is 2. The first kappa shape index (κ1) is 17.3. The van der Waals surface area contributed by atoms with E-state index in [0.29, 0.717) is 17.1 Å². The predicted octanol–water partition coefficient (Wildman–Crippen LogP) is 3.51. The molecule has 0 aliphatic carbocycles. The molecule has 1 fully saturated rings. The summed E-state index contributed by atoms with van der Waals surface area (Å²) < 4.78 is 1.88. The van der Waals surface area contributed by atoms with E-state index >= 15 is 0 Å². The normalized spacial score (nSPS) is 20.9. The number of rotatable bonds is 3. The summed E-state index contributed by atoms with van der Waals surface area (Å²) in [6, 6.07) is 6.95. The third-order valence-corrected chi connectivity index (χ3v) is 4.92. The Morgan fingerprint density at radius 1 is 1.36 bits per heavy atom. The van der Waals surface area contributed by atoms with Gasteiger partial charge < -0.3 is 9.47 Å². The van der Waals surface area contributed by atoms with Crippen molar-refractivity contribution in [2.24, 2.45) is 11.8 Å². The van der Waals surface area contributed by atoms with Gasteiger partial charge >= 0.3 is 6.03 Å². The van der Waals surface area contributed by atoms with Gasteiger partial charge in [0.2, 0.25) is 5.91 Å². The Bertz CT molecular complexity index is 896. The van der Waals surface area contributed by atoms with Crippen LogP contribution in [-0.4, -0.2) is 28.0 Å². The molecule has 0 radical (unpaired) electrons. The SMILES string of the molecule is CCN1C(=O)NC(=O)C(C(C)C)C1n1ccc2c(C#N)cc(Cl)cc21. The molecule has 25 heavy (non-hydrogen) atoms. The largest absolute Gasteiger partial charge is 0.325 e. The maximum Gasteiger partial charge on any atom is 0.325 e. The molecule has 0 bridgehead atoms. The number of hydrogen-bond acceptors (Lipinski definition) is 3. The number of nitrogens with zero attached hydrogens (tertiary/aromatic N) is 3. The van der Waals surface area contributed by atoms with Crippen LogP contribution >= 0.6 is 11.6 Å². The quantitative estimate of drug-likeness (QED) is 0.911. The van der Waals surface area contributed by atoms with Crippen LogP contribution in [-0.2, 0) is 4.79 Å². The zero-order chi connectivity index (χ0) is 18.3. The fourth-order valence-corrected chi connectivity index (χ4v) is 3.77. The molecular formula is C18H19ClN4O2. The Morgan fingerprint density at radius 2 is 2.08 bits per heavy atom. The maximum atomic E-state index is 12.5. The minimum atomic E-state index is -0.464. The Kier molecular flexibility index (Phi) is 4.44. The number of urea groups is 1. The number of carbonyl (C=O) groups excluding carboxylic acids is 2. The summed E-state index contributed by atoms with van der Waals surface area (Å²) in [5, 5.41) is 13.0. The molecule has 6 nitrogen and oxygen atoms in total. The van der Waals surface area contributed by atoms with Gasteiger partial charge in [-0.25, -0.2) is 4.79 Å². The van der Waals surface area contributed by atoms with Crippen molar-refractivity contribution < 1.29 is 9.59 Å². The fourth-order valence-electron chi connectivity index (χ4n) is 3.56. The van der Waals surface area contributed by atoms with Gasteiger partial charge in [-0.1, -0.05) is 25.4 Å². The van der Waals surface area contributed by atoms with Crippen molar-refractivity contribution in [1.82, 2.24) is 14.8 Å². The van der Waals surface area contributed by atoms with Crippen LogP contribution in [0.5, 0.6) is 0 Å². The van der Waals surface area contributed by atoms with Gasteiger partial charge in [0.25, 0.3) is 0 Å². The van der Waals surface area contributed by atoms with E-state index in [9.17, 15) is 14.9 Å². The average Bonchev–Trinajstić information content (AvgIpc) is 2.96. The molecule has 3 amide bonds. The van der Waals surface area contributed by atoms with Gasteiger partial charge in [0.05, 0.1) is 23.1 Å². The van der Waals surface area contributed by atoms with Crippen molar-refractivity contribution in [2.45, 2.75) is 26.9 Å². The molecule has 2 aromatic rings. The van der Waals surface area contributed by atoms with Crippen LogP contribution in [0.25, 0.3) is 10.9 Å². The molecule has 2 atom stereocenters. The van der Waals surface area contributed by atoms with E-state index in [1.165, 1.54) is 0 Å². The third kappa shape index (κ3) is 2.75. The van der Waals surface area contributed by atoms with Crippen LogP contribution in [0.2, 0.25) is 5.02 Å². The number of benzene rings is 1. The van der Waals surface area contributed by atoms with Crippen molar-refractivity contribution in [3.05, 3.63) is 35.0 Å². The van der Waals surface area contributed by atoms with Crippen molar-refractivity contribution in [3.63, 3.8) is 0 Å². The molecule has 1 aromatic heterocycles. The van der Waals surface area contributed by atoms with Crippen molar-refractivity contribution in [2.75, 3.05) is 6.54 Å². The van der Waals surface area contributed by atoms with Gasteiger partial charge in [0, 0.05) is 23.2 Å². The summed E-state index contributed by atoms with van der Waals surface area (Å²) in [4.78, 5) is 26.5. The second-order valence-corrected chi connectivity index (χ2v) is 6.92. The number of imide groups is 1. The molecule has 1 N–H and O–H groups in total. The highest BCUT2D eigenvalue weighted by molar-refractivity contribution is 6.31. The molecular weight excluding hydrogens is 340 g/mol. The van der Waals surface area contributed by atoms with E-state index in [1.54, 1.807) is 17.0 Å². The Labute approximate surface area is 151 Å². The van der Waals surface area contributed by atoms with E-state index in [0.717, 1.165) is 10.9 Å². The Morgan fingerprint density at radius 3 is 2.68 bits per heavy atom. The van der Waals surface area contributed by atoms with Gasteiger partial charge in [-0.2, -0.15) is 5.26 Å². The molecule has 1 saturated heterocycles. The van der Waals surface area contributed by atoms with E-state index in [4.69, 9.17) is 11.6 Å². The van der Waals surface area contributed by atoms with E-state index < -0.39 is 18.1 Å². The molecule has 7 heteroatoms. The predicted molar refractivity (Wildman–Crippen MR) is 94.9 cm³/mol. The maximum absolute atomic E-state index is 12.5. The molecule has 2 heterocycles. The highest BCUT2D eigenvalue weighted by Gasteiger charge is 2.43. The summed E-state index contributed by atoms with van der Waals surface area (Å²) in [7, 11) is 0. The number of amides is 3. The lowest BCUT2D eigenvalue weighted by atomic mass is 9.89. The highest BCUT2D eigenvalue weighted by atomic mass is 35.5. The smallest absolute Gasteiger partial charge is 0.325 e. The lowest BCUT2D eigenvalue weighted by Crippen LogP contribution is -2.58. The lowest BCUT2D eigenvalue weighted by Gasteiger charge is -2.42. The summed E-state index contributed by atoms with van der Waals surface area (Å²) in [5.41, 5.74) is 1.21. The molecule has 3 rings (SSSR count). The Hall–Kier alpha value is -2.52. The monoisotopic (exact) mass is 358 g/mol. The van der Waals surface area contributed by atoms with Gasteiger partial charge in [-0.3, -0.25) is 10.1 Å². The van der Waals surface area contributed by atoms with Crippen molar-refractivity contribution in [3.8, 4) is 6.07 Å². The molecule has 1 aromatic carbocycles. The fraction of sp³-hybridized carbons (Fsp3) is 0.389.